The van der Waals surface area contributed by atoms with Crippen molar-refractivity contribution in [1.82, 2.24) is 19.9 Å². The summed E-state index contributed by atoms with van der Waals surface area (Å²) in [7, 11) is 0. The van der Waals surface area contributed by atoms with E-state index in [-0.39, 0.29) is 6.04 Å². The number of aromatic nitrogens is 4. The van der Waals surface area contributed by atoms with E-state index in [1.807, 2.05) is 36.7 Å². The zero-order valence-electron chi connectivity index (χ0n) is 10.7. The summed E-state index contributed by atoms with van der Waals surface area (Å²) in [6.07, 6.45) is 6.31. The lowest BCUT2D eigenvalue weighted by Gasteiger charge is -2.14. The molecule has 0 fully saturated rings. The van der Waals surface area contributed by atoms with E-state index < -0.39 is 0 Å². The number of anilines is 1. The molecule has 3 aromatic rings. The Bertz CT molecular complexity index is 662. The fraction of sp³-hybridized carbons (Fsp3) is 0.214. The summed E-state index contributed by atoms with van der Waals surface area (Å²) in [5.74, 6) is 1.53. The number of nitrogens with zero attached hydrogens (tertiary/aromatic N) is 3. The highest BCUT2D eigenvalue weighted by atomic mass is 15.1. The van der Waals surface area contributed by atoms with Crippen LogP contribution in [0.1, 0.15) is 25.2 Å². The van der Waals surface area contributed by atoms with Crippen LogP contribution in [0.5, 0.6) is 0 Å². The summed E-state index contributed by atoms with van der Waals surface area (Å²) in [5, 5.41) is 4.35. The van der Waals surface area contributed by atoms with Crippen LogP contribution in [-0.4, -0.2) is 19.9 Å². The van der Waals surface area contributed by atoms with Gasteiger partial charge in [0.05, 0.1) is 11.6 Å². The van der Waals surface area contributed by atoms with Gasteiger partial charge in [-0.3, -0.25) is 0 Å². The molecule has 0 saturated carbocycles. The van der Waals surface area contributed by atoms with Gasteiger partial charge in [0.25, 0.3) is 0 Å². The van der Waals surface area contributed by atoms with Crippen molar-refractivity contribution < 1.29 is 0 Å². The summed E-state index contributed by atoms with van der Waals surface area (Å²) in [6.45, 7) is 2.10. The van der Waals surface area contributed by atoms with Gasteiger partial charge in [0.1, 0.15) is 5.82 Å². The highest BCUT2D eigenvalue weighted by Crippen LogP contribution is 2.18. The molecular formula is C14H15N5. The van der Waals surface area contributed by atoms with E-state index in [1.165, 1.54) is 0 Å². The summed E-state index contributed by atoms with van der Waals surface area (Å²) >= 11 is 0. The number of hydrogen-bond acceptors (Lipinski definition) is 4. The fourth-order valence-corrected chi connectivity index (χ4v) is 2.03. The molecule has 1 aromatic carbocycles. The molecule has 0 aliphatic heterocycles. The third-order valence-electron chi connectivity index (χ3n) is 3.05. The second kappa shape index (κ2) is 5.06. The first-order chi connectivity index (χ1) is 9.36. The predicted molar refractivity (Wildman–Crippen MR) is 74.8 cm³/mol. The minimum atomic E-state index is 0.0937. The summed E-state index contributed by atoms with van der Waals surface area (Å²) < 4.78 is 0. The molecule has 2 N–H and O–H groups in total. The largest absolute Gasteiger partial charge is 0.347 e. The molecule has 5 heteroatoms. The second-order valence-corrected chi connectivity index (χ2v) is 4.33. The number of nitrogens with one attached hydrogen (secondary N) is 2. The van der Waals surface area contributed by atoms with E-state index in [0.717, 1.165) is 23.1 Å². The highest BCUT2D eigenvalue weighted by molar-refractivity contribution is 5.78. The van der Waals surface area contributed by atoms with Crippen LogP contribution in [0.25, 0.3) is 10.9 Å². The van der Waals surface area contributed by atoms with Crippen LogP contribution in [0.15, 0.2) is 42.9 Å². The third kappa shape index (κ3) is 2.40. The Morgan fingerprint density at radius 1 is 1.26 bits per heavy atom. The number of imidazole rings is 1. The fourth-order valence-electron chi connectivity index (χ4n) is 2.03. The average Bonchev–Trinajstić information content (AvgIpc) is 2.98. The SMILES string of the molecule is CCC(Nc1ncc2ccccc2n1)c1ncc[nH]1. The van der Waals surface area contributed by atoms with Gasteiger partial charge in [0.2, 0.25) is 5.95 Å². The zero-order chi connectivity index (χ0) is 13.1. The van der Waals surface area contributed by atoms with Crippen LogP contribution in [-0.2, 0) is 0 Å². The Hall–Kier alpha value is -2.43. The Morgan fingerprint density at radius 2 is 2.16 bits per heavy atom. The van der Waals surface area contributed by atoms with Crippen LogP contribution in [0.2, 0.25) is 0 Å². The number of H-pyrrole nitrogens is 1. The second-order valence-electron chi connectivity index (χ2n) is 4.33. The van der Waals surface area contributed by atoms with Crippen molar-refractivity contribution in [3.8, 4) is 0 Å². The van der Waals surface area contributed by atoms with Gasteiger partial charge in [0.15, 0.2) is 0 Å². The lowest BCUT2D eigenvalue weighted by Crippen LogP contribution is -2.13. The van der Waals surface area contributed by atoms with Gasteiger partial charge in [-0.05, 0) is 12.5 Å². The number of rotatable bonds is 4. The molecular weight excluding hydrogens is 238 g/mol. The summed E-state index contributed by atoms with van der Waals surface area (Å²) in [5.41, 5.74) is 0.939. The maximum Gasteiger partial charge on any atom is 0.223 e. The smallest absolute Gasteiger partial charge is 0.223 e. The number of para-hydroxylation sites is 1. The van der Waals surface area contributed by atoms with Gasteiger partial charge in [-0.15, -0.1) is 0 Å². The van der Waals surface area contributed by atoms with E-state index in [4.69, 9.17) is 0 Å². The maximum absolute atomic E-state index is 4.51. The molecule has 0 amide bonds. The van der Waals surface area contributed by atoms with Crippen LogP contribution >= 0.6 is 0 Å². The van der Waals surface area contributed by atoms with Crippen molar-refractivity contribution in [2.75, 3.05) is 5.32 Å². The molecule has 2 aromatic heterocycles. The molecule has 0 saturated heterocycles. The molecule has 0 spiro atoms. The molecule has 0 aliphatic rings. The molecule has 2 heterocycles. The molecule has 0 radical (unpaired) electrons. The molecule has 3 rings (SSSR count). The third-order valence-corrected chi connectivity index (χ3v) is 3.05. The van der Waals surface area contributed by atoms with Gasteiger partial charge in [0, 0.05) is 24.0 Å². The topological polar surface area (TPSA) is 66.5 Å². The van der Waals surface area contributed by atoms with Crippen molar-refractivity contribution in [3.63, 3.8) is 0 Å². The maximum atomic E-state index is 4.51. The lowest BCUT2D eigenvalue weighted by molar-refractivity contribution is 0.696. The van der Waals surface area contributed by atoms with E-state index in [9.17, 15) is 0 Å². The van der Waals surface area contributed by atoms with Gasteiger partial charge < -0.3 is 10.3 Å². The first-order valence-corrected chi connectivity index (χ1v) is 6.34. The van der Waals surface area contributed by atoms with Gasteiger partial charge in [-0.2, -0.15) is 0 Å². The Labute approximate surface area is 111 Å². The molecule has 96 valence electrons. The average molecular weight is 253 g/mol. The quantitative estimate of drug-likeness (QED) is 0.750. The van der Waals surface area contributed by atoms with Crippen LogP contribution in [0.4, 0.5) is 5.95 Å². The Balaban J connectivity index is 1.88. The standard InChI is InChI=1S/C14H15N5/c1-2-11(13-15-7-8-16-13)18-14-17-9-10-5-3-4-6-12(10)19-14/h3-9,11H,2H2,1H3,(H,15,16)(H,17,18,19). The predicted octanol–water partition coefficient (Wildman–Crippen LogP) is 2.92. The molecule has 19 heavy (non-hydrogen) atoms. The Morgan fingerprint density at radius 3 is 2.95 bits per heavy atom. The molecule has 1 atom stereocenters. The summed E-state index contributed by atoms with van der Waals surface area (Å²) in [6, 6.07) is 8.04. The normalized spacial score (nSPS) is 12.5. The summed E-state index contributed by atoms with van der Waals surface area (Å²) in [4.78, 5) is 16.2. The van der Waals surface area contributed by atoms with Crippen LogP contribution in [0, 0.1) is 0 Å². The molecule has 1 unspecified atom stereocenters. The van der Waals surface area contributed by atoms with Crippen molar-refractivity contribution in [1.29, 1.82) is 0 Å². The first-order valence-electron chi connectivity index (χ1n) is 6.34. The van der Waals surface area contributed by atoms with Crippen molar-refractivity contribution >= 4 is 16.9 Å². The molecule has 5 nitrogen and oxygen atoms in total. The van der Waals surface area contributed by atoms with E-state index in [1.54, 1.807) is 6.20 Å². The minimum Gasteiger partial charge on any atom is -0.347 e. The van der Waals surface area contributed by atoms with Gasteiger partial charge >= 0.3 is 0 Å². The first kappa shape index (κ1) is 11.6. The van der Waals surface area contributed by atoms with Crippen LogP contribution < -0.4 is 5.32 Å². The van der Waals surface area contributed by atoms with E-state index in [2.05, 4.69) is 32.2 Å². The van der Waals surface area contributed by atoms with Crippen molar-refractivity contribution in [2.45, 2.75) is 19.4 Å². The van der Waals surface area contributed by atoms with Crippen molar-refractivity contribution in [3.05, 3.63) is 48.7 Å². The number of fused-ring (bicyclic) bond motifs is 1. The Kier molecular flexibility index (Phi) is 3.10. The zero-order valence-corrected chi connectivity index (χ0v) is 10.7. The monoisotopic (exact) mass is 253 g/mol. The van der Waals surface area contributed by atoms with E-state index >= 15 is 0 Å². The van der Waals surface area contributed by atoms with Crippen LogP contribution in [0.3, 0.4) is 0 Å². The molecule has 0 bridgehead atoms. The number of aromatic amines is 1. The lowest BCUT2D eigenvalue weighted by atomic mass is 10.2. The number of benzene rings is 1. The highest BCUT2D eigenvalue weighted by Gasteiger charge is 2.12. The van der Waals surface area contributed by atoms with E-state index in [0.29, 0.717) is 5.95 Å². The van der Waals surface area contributed by atoms with Gasteiger partial charge in [-0.1, -0.05) is 25.1 Å². The van der Waals surface area contributed by atoms with Crippen molar-refractivity contribution in [2.24, 2.45) is 0 Å². The number of hydrogen-bond donors (Lipinski definition) is 2. The molecule has 0 aliphatic carbocycles. The van der Waals surface area contributed by atoms with Gasteiger partial charge in [-0.25, -0.2) is 15.0 Å². The minimum absolute atomic E-state index is 0.0937.